The van der Waals surface area contributed by atoms with E-state index >= 15 is 0 Å². The summed E-state index contributed by atoms with van der Waals surface area (Å²) in [6.45, 7) is 13.3. The number of benzene rings is 2. The van der Waals surface area contributed by atoms with Crippen molar-refractivity contribution in [1.29, 1.82) is 0 Å². The summed E-state index contributed by atoms with van der Waals surface area (Å²) in [7, 11) is -3.77. The number of nitrogens with one attached hydrogen (secondary N) is 2. The van der Waals surface area contributed by atoms with Crippen LogP contribution in [0.2, 0.25) is 0 Å². The van der Waals surface area contributed by atoms with E-state index in [-0.39, 0.29) is 16.8 Å². The van der Waals surface area contributed by atoms with Crippen molar-refractivity contribution in [3.8, 4) is 0 Å². The van der Waals surface area contributed by atoms with Gasteiger partial charge in [-0.15, -0.1) is 0 Å². The van der Waals surface area contributed by atoms with Crippen LogP contribution in [0.15, 0.2) is 35.2 Å². The minimum atomic E-state index is -3.77. The highest BCUT2D eigenvalue weighted by atomic mass is 32.2. The van der Waals surface area contributed by atoms with E-state index in [1.54, 1.807) is 32.0 Å². The Hall–Kier alpha value is -2.34. The van der Waals surface area contributed by atoms with E-state index in [0.717, 1.165) is 11.1 Å². The lowest BCUT2D eigenvalue weighted by molar-refractivity contribution is 0.0930. The third-order valence-corrected chi connectivity index (χ3v) is 6.65. The molecule has 152 valence electrons. The number of hydrogen-bond donors (Lipinski definition) is 2. The van der Waals surface area contributed by atoms with Gasteiger partial charge < -0.3 is 5.32 Å². The molecular formula is C22H30N2O3S. The summed E-state index contributed by atoms with van der Waals surface area (Å²) in [6, 6.07) is 8.78. The van der Waals surface area contributed by atoms with Crippen molar-refractivity contribution >= 4 is 21.6 Å². The largest absolute Gasteiger partial charge is 0.349 e. The standard InChI is InChI=1S/C22H30N2O3S/c1-13(2)18(7)23-22(25)19-9-8-15(4)20(12-19)24-28(26,27)21-16(5)10-14(3)11-17(21)6/h8-13,18,24H,1-7H3,(H,23,25). The van der Waals surface area contributed by atoms with Crippen LogP contribution in [0.5, 0.6) is 0 Å². The van der Waals surface area contributed by atoms with Crippen molar-refractivity contribution < 1.29 is 13.2 Å². The molecule has 5 nitrogen and oxygen atoms in total. The summed E-state index contributed by atoms with van der Waals surface area (Å²) >= 11 is 0. The maximum atomic E-state index is 13.0. The zero-order valence-electron chi connectivity index (χ0n) is 17.7. The first-order valence-corrected chi connectivity index (χ1v) is 10.9. The third-order valence-electron chi connectivity index (χ3n) is 4.98. The monoisotopic (exact) mass is 402 g/mol. The normalized spacial score (nSPS) is 12.7. The Morgan fingerprint density at radius 2 is 1.46 bits per heavy atom. The molecule has 0 aromatic heterocycles. The van der Waals surface area contributed by atoms with Crippen molar-refractivity contribution in [3.63, 3.8) is 0 Å². The Bertz CT molecular complexity index is 972. The molecule has 0 saturated heterocycles. The average molecular weight is 403 g/mol. The maximum Gasteiger partial charge on any atom is 0.262 e. The molecule has 2 aromatic carbocycles. The smallest absolute Gasteiger partial charge is 0.262 e. The number of anilines is 1. The zero-order chi connectivity index (χ0) is 21.2. The van der Waals surface area contributed by atoms with Crippen molar-refractivity contribution in [2.24, 2.45) is 5.92 Å². The molecule has 0 aliphatic carbocycles. The van der Waals surface area contributed by atoms with Crippen LogP contribution in [0, 0.1) is 33.6 Å². The third kappa shape index (κ3) is 4.93. The molecule has 28 heavy (non-hydrogen) atoms. The minimum absolute atomic E-state index is 0.0202. The number of amides is 1. The lowest BCUT2D eigenvalue weighted by atomic mass is 10.1. The summed E-state index contributed by atoms with van der Waals surface area (Å²) in [5.74, 6) is 0.0872. The molecule has 0 saturated carbocycles. The van der Waals surface area contributed by atoms with E-state index in [1.165, 1.54) is 0 Å². The van der Waals surface area contributed by atoms with E-state index in [4.69, 9.17) is 0 Å². The highest BCUT2D eigenvalue weighted by Crippen LogP contribution is 2.26. The number of carbonyl (C=O) groups is 1. The van der Waals surface area contributed by atoms with Crippen molar-refractivity contribution in [3.05, 3.63) is 58.1 Å². The topological polar surface area (TPSA) is 75.3 Å². The molecule has 6 heteroatoms. The van der Waals surface area contributed by atoms with Crippen LogP contribution >= 0.6 is 0 Å². The van der Waals surface area contributed by atoms with Gasteiger partial charge in [0.1, 0.15) is 0 Å². The molecule has 2 rings (SSSR count). The fourth-order valence-corrected chi connectivity index (χ4v) is 4.69. The van der Waals surface area contributed by atoms with Crippen molar-refractivity contribution in [2.45, 2.75) is 59.4 Å². The van der Waals surface area contributed by atoms with E-state index in [9.17, 15) is 13.2 Å². The molecule has 0 fully saturated rings. The van der Waals surface area contributed by atoms with Gasteiger partial charge in [-0.3, -0.25) is 9.52 Å². The van der Waals surface area contributed by atoms with Crippen LogP contribution in [0.3, 0.4) is 0 Å². The van der Waals surface area contributed by atoms with Crippen LogP contribution in [0.1, 0.15) is 53.4 Å². The lowest BCUT2D eigenvalue weighted by Gasteiger charge is -2.19. The Morgan fingerprint density at radius 1 is 0.893 bits per heavy atom. The van der Waals surface area contributed by atoms with E-state index in [0.29, 0.717) is 28.3 Å². The SMILES string of the molecule is Cc1cc(C)c(S(=O)(=O)Nc2cc(C(=O)NC(C)C(C)C)ccc2C)c(C)c1. The molecule has 1 amide bonds. The molecule has 0 aliphatic rings. The van der Waals surface area contributed by atoms with Gasteiger partial charge in [-0.25, -0.2) is 8.42 Å². The predicted octanol–water partition coefficient (Wildman–Crippen LogP) is 4.50. The molecule has 0 aliphatic heterocycles. The second kappa shape index (κ2) is 8.35. The summed E-state index contributed by atoms with van der Waals surface area (Å²) in [4.78, 5) is 12.8. The Morgan fingerprint density at radius 3 is 2.00 bits per heavy atom. The molecule has 1 unspecified atom stereocenters. The van der Waals surface area contributed by atoms with Gasteiger partial charge >= 0.3 is 0 Å². The number of rotatable bonds is 6. The zero-order valence-corrected chi connectivity index (χ0v) is 18.5. The van der Waals surface area contributed by atoms with E-state index < -0.39 is 10.0 Å². The highest BCUT2D eigenvalue weighted by Gasteiger charge is 2.21. The Kier molecular flexibility index (Phi) is 6.55. The summed E-state index contributed by atoms with van der Waals surface area (Å²) < 4.78 is 28.8. The minimum Gasteiger partial charge on any atom is -0.349 e. The fourth-order valence-electron chi connectivity index (χ4n) is 3.12. The predicted molar refractivity (Wildman–Crippen MR) is 114 cm³/mol. The molecule has 2 aromatic rings. The number of sulfonamides is 1. The van der Waals surface area contributed by atoms with Crippen LogP contribution in [0.25, 0.3) is 0 Å². The second-order valence-corrected chi connectivity index (χ2v) is 9.49. The van der Waals surface area contributed by atoms with E-state index in [1.807, 2.05) is 46.8 Å². The first-order chi connectivity index (χ1) is 12.9. The summed E-state index contributed by atoms with van der Waals surface area (Å²) in [5.41, 5.74) is 3.99. The molecule has 0 heterocycles. The second-order valence-electron chi connectivity index (χ2n) is 7.87. The van der Waals surface area contributed by atoms with Crippen LogP contribution in [-0.4, -0.2) is 20.4 Å². The quantitative estimate of drug-likeness (QED) is 0.747. The Labute approximate surface area is 168 Å². The number of carbonyl (C=O) groups excluding carboxylic acids is 1. The summed E-state index contributed by atoms with van der Waals surface area (Å²) in [6.07, 6.45) is 0. The van der Waals surface area contributed by atoms with Gasteiger partial charge in [-0.05, 0) is 69.4 Å². The lowest BCUT2D eigenvalue weighted by Crippen LogP contribution is -2.36. The van der Waals surface area contributed by atoms with Crippen molar-refractivity contribution in [1.82, 2.24) is 5.32 Å². The molecule has 0 radical (unpaired) electrons. The average Bonchev–Trinajstić information content (AvgIpc) is 2.55. The molecule has 1 atom stereocenters. The van der Waals surface area contributed by atoms with Gasteiger partial charge in [-0.2, -0.15) is 0 Å². The summed E-state index contributed by atoms with van der Waals surface area (Å²) in [5, 5.41) is 2.95. The van der Waals surface area contributed by atoms with Gasteiger partial charge in [0.2, 0.25) is 0 Å². The molecule has 0 bridgehead atoms. The first-order valence-electron chi connectivity index (χ1n) is 9.44. The fraction of sp³-hybridized carbons (Fsp3) is 0.409. The van der Waals surface area contributed by atoms with Gasteiger partial charge in [0, 0.05) is 11.6 Å². The van der Waals surface area contributed by atoms with Gasteiger partial charge in [0.15, 0.2) is 0 Å². The molecule has 0 spiro atoms. The van der Waals surface area contributed by atoms with Gasteiger partial charge in [-0.1, -0.05) is 37.6 Å². The van der Waals surface area contributed by atoms with Crippen LogP contribution in [-0.2, 0) is 10.0 Å². The molecule has 2 N–H and O–H groups in total. The number of aryl methyl sites for hydroxylation is 4. The van der Waals surface area contributed by atoms with Crippen LogP contribution < -0.4 is 10.0 Å². The number of hydrogen-bond acceptors (Lipinski definition) is 3. The van der Waals surface area contributed by atoms with Gasteiger partial charge in [0.25, 0.3) is 15.9 Å². The van der Waals surface area contributed by atoms with Crippen molar-refractivity contribution in [2.75, 3.05) is 4.72 Å². The molecular weight excluding hydrogens is 372 g/mol. The van der Waals surface area contributed by atoms with Gasteiger partial charge in [0.05, 0.1) is 10.6 Å². The highest BCUT2D eigenvalue weighted by molar-refractivity contribution is 7.92. The maximum absolute atomic E-state index is 13.0. The Balaban J connectivity index is 2.37. The van der Waals surface area contributed by atoms with Crippen LogP contribution in [0.4, 0.5) is 5.69 Å². The first kappa shape index (κ1) is 22.0. The van der Waals surface area contributed by atoms with E-state index in [2.05, 4.69) is 10.0 Å².